The molecular weight excluding hydrogens is 418 g/mol. The van der Waals surface area contributed by atoms with E-state index in [-0.39, 0.29) is 5.75 Å². The van der Waals surface area contributed by atoms with E-state index >= 15 is 0 Å². The average Bonchev–Trinajstić information content (AvgIpc) is 2.18. The van der Waals surface area contributed by atoms with Gasteiger partial charge in [0, 0.05) is 3.57 Å². The van der Waals surface area contributed by atoms with Crippen LogP contribution in [0.5, 0.6) is 5.75 Å². The SMILES string of the molecule is Cc1nc2c(I)cc(I)c(O)c2nc1C. The molecule has 0 fully saturated rings. The van der Waals surface area contributed by atoms with Gasteiger partial charge in [-0.25, -0.2) is 9.97 Å². The second-order valence-corrected chi connectivity index (χ2v) is 5.60. The first-order valence-corrected chi connectivity index (χ1v) is 6.48. The molecule has 0 unspecified atom stereocenters. The van der Waals surface area contributed by atoms with Crippen LogP contribution in [0, 0.1) is 21.0 Å². The number of phenolic OH excluding ortho intramolecular Hbond substituents is 1. The smallest absolute Gasteiger partial charge is 0.156 e. The molecule has 2 aromatic rings. The molecule has 3 nitrogen and oxygen atoms in total. The summed E-state index contributed by atoms with van der Waals surface area (Å²) in [5.41, 5.74) is 3.13. The molecule has 0 bridgehead atoms. The first-order chi connectivity index (χ1) is 7.00. The Hall–Kier alpha value is -0.180. The molecular formula is C10H8I2N2O. The van der Waals surface area contributed by atoms with Crippen LogP contribution in [0.25, 0.3) is 11.0 Å². The van der Waals surface area contributed by atoms with Crippen molar-refractivity contribution >= 4 is 56.2 Å². The number of fused-ring (bicyclic) bond motifs is 1. The van der Waals surface area contributed by atoms with Crippen molar-refractivity contribution in [3.05, 3.63) is 24.6 Å². The van der Waals surface area contributed by atoms with E-state index in [1.54, 1.807) is 0 Å². The quantitative estimate of drug-likeness (QED) is 0.659. The molecule has 0 aliphatic carbocycles. The summed E-state index contributed by atoms with van der Waals surface area (Å²) in [6.45, 7) is 3.82. The van der Waals surface area contributed by atoms with Crippen LogP contribution in [0.3, 0.4) is 0 Å². The molecule has 0 saturated carbocycles. The van der Waals surface area contributed by atoms with Gasteiger partial charge in [0.05, 0.1) is 15.0 Å². The summed E-state index contributed by atoms with van der Waals surface area (Å²) < 4.78 is 1.82. The second kappa shape index (κ2) is 4.00. The predicted octanol–water partition coefficient (Wildman–Crippen LogP) is 3.16. The van der Waals surface area contributed by atoms with Gasteiger partial charge >= 0.3 is 0 Å². The minimum Gasteiger partial charge on any atom is -0.505 e. The zero-order valence-corrected chi connectivity index (χ0v) is 12.5. The Morgan fingerprint density at radius 3 is 2.13 bits per heavy atom. The lowest BCUT2D eigenvalue weighted by atomic mass is 10.2. The zero-order valence-electron chi connectivity index (χ0n) is 8.17. The van der Waals surface area contributed by atoms with Gasteiger partial charge in [-0.15, -0.1) is 0 Å². The zero-order chi connectivity index (χ0) is 11.2. The summed E-state index contributed by atoms with van der Waals surface area (Å²) in [6, 6.07) is 1.90. The van der Waals surface area contributed by atoms with Crippen molar-refractivity contribution in [1.82, 2.24) is 9.97 Å². The molecule has 0 spiro atoms. The maximum atomic E-state index is 9.88. The second-order valence-electron chi connectivity index (χ2n) is 3.28. The topological polar surface area (TPSA) is 46.0 Å². The van der Waals surface area contributed by atoms with E-state index in [2.05, 4.69) is 55.1 Å². The number of aromatic hydroxyl groups is 1. The summed E-state index contributed by atoms with van der Waals surface area (Å²) in [5.74, 6) is 0.224. The number of nitrogens with zero attached hydrogens (tertiary/aromatic N) is 2. The van der Waals surface area contributed by atoms with E-state index in [4.69, 9.17) is 0 Å². The summed E-state index contributed by atoms with van der Waals surface area (Å²) >= 11 is 4.31. The van der Waals surface area contributed by atoms with Gasteiger partial charge in [0.1, 0.15) is 11.0 Å². The highest BCUT2D eigenvalue weighted by Crippen LogP contribution is 2.31. The maximum absolute atomic E-state index is 9.88. The van der Waals surface area contributed by atoms with Gasteiger partial charge in [-0.05, 0) is 65.1 Å². The van der Waals surface area contributed by atoms with Crippen molar-refractivity contribution in [2.24, 2.45) is 0 Å². The third kappa shape index (κ3) is 1.91. The van der Waals surface area contributed by atoms with Gasteiger partial charge in [-0.2, -0.15) is 0 Å². The molecule has 5 heteroatoms. The molecule has 15 heavy (non-hydrogen) atoms. The Bertz CT molecular complexity index is 555. The molecule has 0 aliphatic heterocycles. The van der Waals surface area contributed by atoms with Gasteiger partial charge in [-0.3, -0.25) is 0 Å². The standard InChI is InChI=1S/C10H8I2N2O/c1-4-5(2)14-9-8(13-4)6(11)3-7(12)10(9)15/h3,15H,1-2H3. The predicted molar refractivity (Wildman–Crippen MR) is 76.1 cm³/mol. The Labute approximate surface area is 115 Å². The Balaban J connectivity index is 2.97. The number of halogens is 2. The van der Waals surface area contributed by atoms with Crippen LogP contribution in [0.1, 0.15) is 11.4 Å². The molecule has 78 valence electrons. The van der Waals surface area contributed by atoms with Crippen molar-refractivity contribution in [2.45, 2.75) is 13.8 Å². The largest absolute Gasteiger partial charge is 0.505 e. The number of hydrogen-bond donors (Lipinski definition) is 1. The van der Waals surface area contributed by atoms with E-state index in [0.717, 1.165) is 24.0 Å². The number of phenols is 1. The lowest BCUT2D eigenvalue weighted by Crippen LogP contribution is -1.96. The van der Waals surface area contributed by atoms with Crippen molar-refractivity contribution < 1.29 is 5.11 Å². The monoisotopic (exact) mass is 426 g/mol. The maximum Gasteiger partial charge on any atom is 0.156 e. The molecule has 0 atom stereocenters. The molecule has 1 aromatic heterocycles. The molecule has 2 rings (SSSR count). The van der Waals surface area contributed by atoms with Crippen molar-refractivity contribution in [3.8, 4) is 5.75 Å². The summed E-state index contributed by atoms with van der Waals surface area (Å²) in [5, 5.41) is 9.88. The van der Waals surface area contributed by atoms with Crippen LogP contribution in [0.2, 0.25) is 0 Å². The van der Waals surface area contributed by atoms with Crippen LogP contribution >= 0.6 is 45.2 Å². The van der Waals surface area contributed by atoms with E-state index < -0.39 is 0 Å². The third-order valence-corrected chi connectivity index (χ3v) is 3.88. The Kier molecular flexibility index (Phi) is 3.02. The number of aromatic nitrogens is 2. The summed E-state index contributed by atoms with van der Waals surface area (Å²) in [6.07, 6.45) is 0. The van der Waals surface area contributed by atoms with Crippen LogP contribution in [0.15, 0.2) is 6.07 Å². The highest BCUT2D eigenvalue weighted by Gasteiger charge is 2.12. The van der Waals surface area contributed by atoms with Gasteiger partial charge in [0.15, 0.2) is 5.75 Å². The summed E-state index contributed by atoms with van der Waals surface area (Å²) in [7, 11) is 0. The molecule has 0 amide bonds. The molecule has 1 aromatic carbocycles. The first-order valence-electron chi connectivity index (χ1n) is 4.32. The van der Waals surface area contributed by atoms with E-state index in [9.17, 15) is 5.11 Å². The van der Waals surface area contributed by atoms with Crippen molar-refractivity contribution in [2.75, 3.05) is 0 Å². The molecule has 0 saturated heterocycles. The lowest BCUT2D eigenvalue weighted by Gasteiger charge is -2.07. The van der Waals surface area contributed by atoms with Gasteiger partial charge in [-0.1, -0.05) is 0 Å². The van der Waals surface area contributed by atoms with Gasteiger partial charge in [0.2, 0.25) is 0 Å². The highest BCUT2D eigenvalue weighted by molar-refractivity contribution is 14.1. The lowest BCUT2D eigenvalue weighted by molar-refractivity contribution is 0.476. The van der Waals surface area contributed by atoms with Crippen LogP contribution in [0.4, 0.5) is 0 Å². The van der Waals surface area contributed by atoms with Gasteiger partial charge in [0.25, 0.3) is 0 Å². The average molecular weight is 426 g/mol. The minimum absolute atomic E-state index is 0.224. The third-order valence-electron chi connectivity index (χ3n) is 2.24. The van der Waals surface area contributed by atoms with E-state index in [1.165, 1.54) is 0 Å². The van der Waals surface area contributed by atoms with Gasteiger partial charge < -0.3 is 5.11 Å². The fourth-order valence-corrected chi connectivity index (χ4v) is 3.15. The molecule has 0 aliphatic rings. The normalized spacial score (nSPS) is 10.9. The number of benzene rings is 1. The molecule has 1 heterocycles. The van der Waals surface area contributed by atoms with Crippen LogP contribution in [-0.4, -0.2) is 15.1 Å². The van der Waals surface area contributed by atoms with E-state index in [0.29, 0.717) is 5.52 Å². The molecule has 1 N–H and O–H groups in total. The van der Waals surface area contributed by atoms with E-state index in [1.807, 2.05) is 19.9 Å². The highest BCUT2D eigenvalue weighted by atomic mass is 127. The van der Waals surface area contributed by atoms with Crippen molar-refractivity contribution in [3.63, 3.8) is 0 Å². The minimum atomic E-state index is 0.224. The van der Waals surface area contributed by atoms with Crippen LogP contribution in [-0.2, 0) is 0 Å². The fraction of sp³-hybridized carbons (Fsp3) is 0.200. The van der Waals surface area contributed by atoms with Crippen LogP contribution < -0.4 is 0 Å². The Morgan fingerprint density at radius 2 is 1.53 bits per heavy atom. The van der Waals surface area contributed by atoms with Crippen molar-refractivity contribution in [1.29, 1.82) is 0 Å². The summed E-state index contributed by atoms with van der Waals surface area (Å²) in [4.78, 5) is 8.82. The Morgan fingerprint density at radius 1 is 1.00 bits per heavy atom. The fourth-order valence-electron chi connectivity index (χ4n) is 1.30. The first kappa shape index (κ1) is 11.3. The number of aryl methyl sites for hydroxylation is 2. The molecule has 0 radical (unpaired) electrons. The number of hydrogen-bond acceptors (Lipinski definition) is 3. The number of rotatable bonds is 0.